The second kappa shape index (κ2) is 2.59. The molecule has 12 heavy (non-hydrogen) atoms. The van der Waals surface area contributed by atoms with Crippen molar-refractivity contribution in [3.8, 4) is 0 Å². The number of hydrogen-bond acceptors (Lipinski definition) is 2. The van der Waals surface area contributed by atoms with Crippen molar-refractivity contribution in [3.05, 3.63) is 29.7 Å². The maximum atomic E-state index is 4.29. The van der Waals surface area contributed by atoms with Crippen LogP contribution < -0.4 is 0 Å². The van der Waals surface area contributed by atoms with Crippen molar-refractivity contribution in [2.24, 2.45) is 0 Å². The zero-order valence-electron chi connectivity index (χ0n) is 7.28. The Hall–Kier alpha value is -1.38. The summed E-state index contributed by atoms with van der Waals surface area (Å²) in [6.45, 7) is 4.13. The van der Waals surface area contributed by atoms with E-state index in [2.05, 4.69) is 17.0 Å². The quantitative estimate of drug-likeness (QED) is 0.636. The molecule has 0 bridgehead atoms. The van der Waals surface area contributed by atoms with Crippen molar-refractivity contribution < 1.29 is 0 Å². The van der Waals surface area contributed by atoms with Crippen LogP contribution in [0.4, 0.5) is 0 Å². The molecule has 0 N–H and O–H groups in total. The van der Waals surface area contributed by atoms with E-state index in [-0.39, 0.29) is 0 Å². The zero-order valence-corrected chi connectivity index (χ0v) is 7.28. The molecule has 0 saturated heterocycles. The molecule has 2 aromatic rings. The van der Waals surface area contributed by atoms with Gasteiger partial charge in [-0.3, -0.25) is 0 Å². The minimum absolute atomic E-state index is 0.984. The highest BCUT2D eigenvalue weighted by molar-refractivity contribution is 5.47. The molecule has 0 aromatic carbocycles. The van der Waals surface area contributed by atoms with Crippen LogP contribution in [0.25, 0.3) is 5.65 Å². The smallest absolute Gasteiger partial charge is 0.156 e. The van der Waals surface area contributed by atoms with Crippen LogP contribution in [0.15, 0.2) is 18.5 Å². The second-order valence-corrected chi connectivity index (χ2v) is 2.84. The van der Waals surface area contributed by atoms with Crippen LogP contribution in [0.1, 0.15) is 18.2 Å². The number of aryl methyl sites for hydroxylation is 2. The fraction of sp³-hybridized carbons (Fsp3) is 0.333. The highest BCUT2D eigenvalue weighted by Gasteiger charge is 2.02. The third kappa shape index (κ3) is 0.897. The van der Waals surface area contributed by atoms with E-state index in [1.54, 1.807) is 0 Å². The van der Waals surface area contributed by atoms with Gasteiger partial charge in [0.1, 0.15) is 0 Å². The van der Waals surface area contributed by atoms with Crippen molar-refractivity contribution >= 4 is 5.65 Å². The highest BCUT2D eigenvalue weighted by atomic mass is 15.2. The van der Waals surface area contributed by atoms with Gasteiger partial charge in [-0.05, 0) is 25.0 Å². The molecule has 2 heterocycles. The topological polar surface area (TPSA) is 30.2 Å². The molecular formula is C9H11N3. The Morgan fingerprint density at radius 1 is 1.50 bits per heavy atom. The molecule has 2 aromatic heterocycles. The van der Waals surface area contributed by atoms with E-state index in [0.717, 1.165) is 17.8 Å². The first kappa shape index (κ1) is 7.28. The predicted octanol–water partition coefficient (Wildman–Crippen LogP) is 1.60. The van der Waals surface area contributed by atoms with Crippen LogP contribution in [-0.2, 0) is 6.42 Å². The van der Waals surface area contributed by atoms with E-state index in [9.17, 15) is 0 Å². The van der Waals surface area contributed by atoms with E-state index in [4.69, 9.17) is 0 Å². The predicted molar refractivity (Wildman–Crippen MR) is 47.1 cm³/mol. The van der Waals surface area contributed by atoms with Crippen LogP contribution >= 0.6 is 0 Å². The van der Waals surface area contributed by atoms with Crippen LogP contribution in [0.2, 0.25) is 0 Å². The van der Waals surface area contributed by atoms with Gasteiger partial charge in [0.05, 0.1) is 11.9 Å². The van der Waals surface area contributed by atoms with Crippen molar-refractivity contribution in [1.29, 1.82) is 0 Å². The van der Waals surface area contributed by atoms with E-state index >= 15 is 0 Å². The van der Waals surface area contributed by atoms with Gasteiger partial charge in [-0.2, -0.15) is 5.10 Å². The minimum atomic E-state index is 0.984. The number of rotatable bonds is 1. The maximum absolute atomic E-state index is 4.29. The second-order valence-electron chi connectivity index (χ2n) is 2.84. The lowest BCUT2D eigenvalue weighted by Crippen LogP contribution is -1.96. The minimum Gasteiger partial charge on any atom is -0.235 e. The third-order valence-electron chi connectivity index (χ3n) is 2.03. The van der Waals surface area contributed by atoms with Gasteiger partial charge in [-0.25, -0.2) is 9.50 Å². The Morgan fingerprint density at radius 3 is 3.08 bits per heavy atom. The van der Waals surface area contributed by atoms with E-state index in [1.165, 1.54) is 5.56 Å². The largest absolute Gasteiger partial charge is 0.235 e. The molecule has 0 aliphatic heterocycles. The van der Waals surface area contributed by atoms with Crippen LogP contribution in [0, 0.1) is 6.92 Å². The number of imidazole rings is 1. The summed E-state index contributed by atoms with van der Waals surface area (Å²) in [5, 5.41) is 4.20. The molecule has 0 saturated carbocycles. The van der Waals surface area contributed by atoms with Gasteiger partial charge in [0.15, 0.2) is 5.65 Å². The SMILES string of the molecule is CCc1ccnn2c(C)cnc12. The lowest BCUT2D eigenvalue weighted by Gasteiger charge is -1.98. The van der Waals surface area contributed by atoms with Gasteiger partial charge in [-0.15, -0.1) is 0 Å². The van der Waals surface area contributed by atoms with Gasteiger partial charge < -0.3 is 0 Å². The Kier molecular flexibility index (Phi) is 1.57. The van der Waals surface area contributed by atoms with Gasteiger partial charge in [0, 0.05) is 6.20 Å². The van der Waals surface area contributed by atoms with Gasteiger partial charge >= 0.3 is 0 Å². The van der Waals surface area contributed by atoms with E-state index in [1.807, 2.05) is 29.9 Å². The number of aromatic nitrogens is 3. The zero-order chi connectivity index (χ0) is 8.55. The molecule has 0 amide bonds. The summed E-state index contributed by atoms with van der Waals surface area (Å²) >= 11 is 0. The van der Waals surface area contributed by atoms with E-state index in [0.29, 0.717) is 0 Å². The maximum Gasteiger partial charge on any atom is 0.156 e. The first-order valence-corrected chi connectivity index (χ1v) is 4.11. The lowest BCUT2D eigenvalue weighted by atomic mass is 10.2. The Morgan fingerprint density at radius 2 is 2.33 bits per heavy atom. The molecule has 0 unspecified atom stereocenters. The lowest BCUT2D eigenvalue weighted by molar-refractivity contribution is 0.884. The molecule has 3 heteroatoms. The molecule has 0 spiro atoms. The van der Waals surface area contributed by atoms with E-state index < -0.39 is 0 Å². The third-order valence-corrected chi connectivity index (χ3v) is 2.03. The van der Waals surface area contributed by atoms with Crippen molar-refractivity contribution in [2.75, 3.05) is 0 Å². The van der Waals surface area contributed by atoms with Gasteiger partial charge in [0.25, 0.3) is 0 Å². The van der Waals surface area contributed by atoms with Crippen LogP contribution in [-0.4, -0.2) is 14.6 Å². The molecule has 62 valence electrons. The van der Waals surface area contributed by atoms with Crippen LogP contribution in [0.3, 0.4) is 0 Å². The Bertz CT molecular complexity index is 403. The monoisotopic (exact) mass is 161 g/mol. The number of hydrogen-bond donors (Lipinski definition) is 0. The summed E-state index contributed by atoms with van der Waals surface area (Å²) in [6.07, 6.45) is 4.67. The molecule has 0 aliphatic rings. The number of fused-ring (bicyclic) bond motifs is 1. The fourth-order valence-corrected chi connectivity index (χ4v) is 1.34. The van der Waals surface area contributed by atoms with Gasteiger partial charge in [0.2, 0.25) is 0 Å². The first-order chi connectivity index (χ1) is 5.83. The average molecular weight is 161 g/mol. The van der Waals surface area contributed by atoms with Gasteiger partial charge in [-0.1, -0.05) is 6.92 Å². The molecule has 2 rings (SSSR count). The molecule has 0 fully saturated rings. The molecular weight excluding hydrogens is 150 g/mol. The summed E-state index contributed by atoms with van der Waals surface area (Å²) in [5.74, 6) is 0. The Balaban J connectivity index is 2.81. The normalized spacial score (nSPS) is 10.8. The summed E-state index contributed by atoms with van der Waals surface area (Å²) in [5.41, 5.74) is 3.32. The van der Waals surface area contributed by atoms with Crippen molar-refractivity contribution in [2.45, 2.75) is 20.3 Å². The Labute approximate surface area is 71.1 Å². The molecule has 0 radical (unpaired) electrons. The summed E-state index contributed by atoms with van der Waals surface area (Å²) in [7, 11) is 0. The number of nitrogens with zero attached hydrogens (tertiary/aromatic N) is 3. The molecule has 0 atom stereocenters. The molecule has 0 aliphatic carbocycles. The van der Waals surface area contributed by atoms with Crippen molar-refractivity contribution in [3.63, 3.8) is 0 Å². The fourth-order valence-electron chi connectivity index (χ4n) is 1.34. The van der Waals surface area contributed by atoms with Crippen molar-refractivity contribution in [1.82, 2.24) is 14.6 Å². The summed E-state index contributed by atoms with van der Waals surface area (Å²) in [4.78, 5) is 4.29. The average Bonchev–Trinajstić information content (AvgIpc) is 2.48. The first-order valence-electron chi connectivity index (χ1n) is 4.11. The summed E-state index contributed by atoms with van der Waals surface area (Å²) in [6, 6.07) is 2.02. The van der Waals surface area contributed by atoms with Crippen LogP contribution in [0.5, 0.6) is 0 Å². The highest BCUT2D eigenvalue weighted by Crippen LogP contribution is 2.09. The summed E-state index contributed by atoms with van der Waals surface area (Å²) < 4.78 is 1.87. The molecule has 3 nitrogen and oxygen atoms in total. The standard InChI is InChI=1S/C9H11N3/c1-3-8-4-5-11-12-7(2)6-10-9(8)12/h4-6H,3H2,1-2H3.